The topological polar surface area (TPSA) is 35.2 Å². The van der Waals surface area contributed by atoms with Crippen molar-refractivity contribution in [2.45, 2.75) is 17.6 Å². The number of hydrogen-bond acceptors (Lipinski definition) is 3. The molecule has 0 heterocycles. The minimum absolute atomic E-state index is 0.332. The third kappa shape index (κ3) is 3.81. The molecule has 2 N–H and O–H groups in total. The van der Waals surface area contributed by atoms with E-state index in [1.54, 1.807) is 17.8 Å². The first kappa shape index (κ1) is 15.0. The maximum absolute atomic E-state index is 13.0. The molecule has 0 saturated carbocycles. The van der Waals surface area contributed by atoms with Crippen molar-refractivity contribution in [3.05, 3.63) is 52.8 Å². The van der Waals surface area contributed by atoms with E-state index in [4.69, 9.17) is 22.1 Å². The van der Waals surface area contributed by atoms with E-state index in [2.05, 4.69) is 0 Å². The number of nitrogen functional groups attached to an aromatic ring is 1. The Morgan fingerprint density at radius 2 is 2.05 bits per heavy atom. The third-order valence-corrected chi connectivity index (χ3v) is 4.17. The molecule has 0 radical (unpaired) electrons. The van der Waals surface area contributed by atoms with Crippen molar-refractivity contribution in [1.29, 1.82) is 0 Å². The van der Waals surface area contributed by atoms with Crippen molar-refractivity contribution in [3.63, 3.8) is 0 Å². The zero-order valence-electron chi connectivity index (χ0n) is 11.0. The SMILES string of the molecule is CCOc1ccc(N)c(SCc2ccc(F)cc2Cl)c1. The van der Waals surface area contributed by atoms with Crippen LogP contribution >= 0.6 is 23.4 Å². The van der Waals surface area contributed by atoms with Crippen LogP contribution in [0.4, 0.5) is 10.1 Å². The molecule has 0 atom stereocenters. The third-order valence-electron chi connectivity index (χ3n) is 2.69. The summed E-state index contributed by atoms with van der Waals surface area (Å²) in [6.07, 6.45) is 0. The van der Waals surface area contributed by atoms with Crippen molar-refractivity contribution in [2.75, 3.05) is 12.3 Å². The van der Waals surface area contributed by atoms with Crippen molar-refractivity contribution >= 4 is 29.1 Å². The Balaban J connectivity index is 2.11. The molecule has 2 aromatic carbocycles. The lowest BCUT2D eigenvalue weighted by Gasteiger charge is -2.09. The van der Waals surface area contributed by atoms with E-state index in [-0.39, 0.29) is 5.82 Å². The van der Waals surface area contributed by atoms with Crippen molar-refractivity contribution in [2.24, 2.45) is 0 Å². The molecule has 0 bridgehead atoms. The molecular formula is C15H15ClFNOS. The summed E-state index contributed by atoms with van der Waals surface area (Å²) >= 11 is 7.56. The monoisotopic (exact) mass is 311 g/mol. The Morgan fingerprint density at radius 3 is 2.75 bits per heavy atom. The van der Waals surface area contributed by atoms with Gasteiger partial charge in [-0.2, -0.15) is 0 Å². The normalized spacial score (nSPS) is 10.6. The molecule has 5 heteroatoms. The summed E-state index contributed by atoms with van der Waals surface area (Å²) in [6.45, 7) is 2.54. The Hall–Kier alpha value is -1.39. The van der Waals surface area contributed by atoms with Crippen LogP contribution in [-0.2, 0) is 5.75 Å². The summed E-state index contributed by atoms with van der Waals surface area (Å²) in [4.78, 5) is 0.927. The van der Waals surface area contributed by atoms with Gasteiger partial charge in [-0.1, -0.05) is 17.7 Å². The summed E-state index contributed by atoms with van der Waals surface area (Å²) in [5, 5.41) is 0.428. The van der Waals surface area contributed by atoms with Crippen molar-refractivity contribution in [1.82, 2.24) is 0 Å². The van der Waals surface area contributed by atoms with Gasteiger partial charge in [0.2, 0.25) is 0 Å². The van der Waals surface area contributed by atoms with Crippen molar-refractivity contribution < 1.29 is 9.13 Å². The van der Waals surface area contributed by atoms with E-state index in [1.165, 1.54) is 12.1 Å². The standard InChI is InChI=1S/C15H15ClFNOS/c1-2-19-12-5-6-14(18)15(8-12)20-9-10-3-4-11(17)7-13(10)16/h3-8H,2,9,18H2,1H3. The minimum atomic E-state index is -0.332. The van der Waals surface area contributed by atoms with Gasteiger partial charge in [-0.3, -0.25) is 0 Å². The summed E-state index contributed by atoms with van der Waals surface area (Å²) in [7, 11) is 0. The molecule has 2 aromatic rings. The summed E-state index contributed by atoms with van der Waals surface area (Å²) in [6, 6.07) is 9.97. The number of thioether (sulfide) groups is 1. The average Bonchev–Trinajstić information content (AvgIpc) is 2.41. The lowest BCUT2D eigenvalue weighted by molar-refractivity contribution is 0.339. The highest BCUT2D eigenvalue weighted by atomic mass is 35.5. The van der Waals surface area contributed by atoms with Crippen LogP contribution in [0.5, 0.6) is 5.75 Å². The van der Waals surface area contributed by atoms with Gasteiger partial charge in [-0.15, -0.1) is 11.8 Å². The van der Waals surface area contributed by atoms with Gasteiger partial charge in [0, 0.05) is 21.4 Å². The first-order valence-electron chi connectivity index (χ1n) is 6.19. The Labute approximate surface area is 127 Å². The fourth-order valence-electron chi connectivity index (χ4n) is 1.69. The van der Waals surface area contributed by atoms with Crippen LogP contribution in [-0.4, -0.2) is 6.61 Å². The quantitative estimate of drug-likeness (QED) is 0.639. The lowest BCUT2D eigenvalue weighted by Crippen LogP contribution is -1.94. The zero-order valence-corrected chi connectivity index (χ0v) is 12.6. The second-order valence-corrected chi connectivity index (χ2v) is 5.58. The first-order chi connectivity index (χ1) is 9.60. The van der Waals surface area contributed by atoms with Gasteiger partial charge in [0.25, 0.3) is 0 Å². The fraction of sp³-hybridized carbons (Fsp3) is 0.200. The zero-order chi connectivity index (χ0) is 14.5. The summed E-state index contributed by atoms with van der Waals surface area (Å²) in [5.41, 5.74) is 7.51. The van der Waals surface area contributed by atoms with Gasteiger partial charge in [0.15, 0.2) is 0 Å². The number of anilines is 1. The Bertz CT molecular complexity index is 606. The highest BCUT2D eigenvalue weighted by Crippen LogP contribution is 2.33. The second kappa shape index (κ2) is 6.86. The van der Waals surface area contributed by atoms with Gasteiger partial charge in [0.1, 0.15) is 11.6 Å². The van der Waals surface area contributed by atoms with Crippen LogP contribution in [0.3, 0.4) is 0 Å². The van der Waals surface area contributed by atoms with Crippen LogP contribution < -0.4 is 10.5 Å². The Morgan fingerprint density at radius 1 is 1.25 bits per heavy atom. The highest BCUT2D eigenvalue weighted by molar-refractivity contribution is 7.98. The van der Waals surface area contributed by atoms with Crippen molar-refractivity contribution in [3.8, 4) is 5.75 Å². The van der Waals surface area contributed by atoms with Gasteiger partial charge in [-0.25, -0.2) is 4.39 Å². The average molecular weight is 312 g/mol. The van der Waals surface area contributed by atoms with Gasteiger partial charge < -0.3 is 10.5 Å². The molecule has 2 nitrogen and oxygen atoms in total. The van der Waals surface area contributed by atoms with E-state index in [0.717, 1.165) is 16.2 Å². The molecule has 0 spiro atoms. The smallest absolute Gasteiger partial charge is 0.124 e. The van der Waals surface area contributed by atoms with E-state index in [9.17, 15) is 4.39 Å². The number of rotatable bonds is 5. The minimum Gasteiger partial charge on any atom is -0.494 e. The molecule has 0 aliphatic carbocycles. The van der Waals surface area contributed by atoms with E-state index in [1.807, 2.05) is 25.1 Å². The molecule has 0 unspecified atom stereocenters. The second-order valence-electron chi connectivity index (χ2n) is 4.16. The van der Waals surface area contributed by atoms with Crippen LogP contribution in [0.2, 0.25) is 5.02 Å². The molecule has 2 rings (SSSR count). The molecule has 0 amide bonds. The fourth-order valence-corrected chi connectivity index (χ4v) is 3.00. The number of hydrogen-bond donors (Lipinski definition) is 1. The molecule has 0 aromatic heterocycles. The Kier molecular flexibility index (Phi) is 5.15. The molecule has 0 aliphatic rings. The maximum atomic E-state index is 13.0. The van der Waals surface area contributed by atoms with E-state index >= 15 is 0 Å². The highest BCUT2D eigenvalue weighted by Gasteiger charge is 2.06. The van der Waals surface area contributed by atoms with Crippen LogP contribution in [0.25, 0.3) is 0 Å². The molecule has 106 valence electrons. The lowest BCUT2D eigenvalue weighted by atomic mass is 10.2. The van der Waals surface area contributed by atoms with Crippen LogP contribution in [0, 0.1) is 5.82 Å². The molecular weight excluding hydrogens is 297 g/mol. The number of halogens is 2. The molecule has 20 heavy (non-hydrogen) atoms. The molecule has 0 saturated heterocycles. The molecule has 0 aliphatic heterocycles. The van der Waals surface area contributed by atoms with Gasteiger partial charge in [0.05, 0.1) is 6.61 Å². The number of ether oxygens (including phenoxy) is 1. The molecule has 0 fully saturated rings. The maximum Gasteiger partial charge on any atom is 0.124 e. The van der Waals surface area contributed by atoms with Gasteiger partial charge >= 0.3 is 0 Å². The summed E-state index contributed by atoms with van der Waals surface area (Å²) < 4.78 is 18.4. The predicted molar refractivity (Wildman–Crippen MR) is 83.0 cm³/mol. The summed E-state index contributed by atoms with van der Waals surface area (Å²) in [5.74, 6) is 1.08. The predicted octanol–water partition coefficient (Wildman–Crippen LogP) is 4.75. The number of nitrogens with two attached hydrogens (primary N) is 1. The van der Waals surface area contributed by atoms with Gasteiger partial charge in [-0.05, 0) is 42.8 Å². The number of benzene rings is 2. The van der Waals surface area contributed by atoms with E-state index < -0.39 is 0 Å². The largest absolute Gasteiger partial charge is 0.494 e. The van der Waals surface area contributed by atoms with Crippen LogP contribution in [0.1, 0.15) is 12.5 Å². The first-order valence-corrected chi connectivity index (χ1v) is 7.55. The van der Waals surface area contributed by atoms with Crippen LogP contribution in [0.15, 0.2) is 41.3 Å². The van der Waals surface area contributed by atoms with E-state index in [0.29, 0.717) is 23.1 Å².